The second kappa shape index (κ2) is 2.27. The van der Waals surface area contributed by atoms with Crippen molar-refractivity contribution in [2.45, 2.75) is 0 Å². The predicted octanol–water partition coefficient (Wildman–Crippen LogP) is 1.21. The van der Waals surface area contributed by atoms with Gasteiger partial charge in [-0.15, -0.1) is 0 Å². The molecular weight excluding hydrogens is 152 g/mol. The molecule has 0 radical (unpaired) electrons. The van der Waals surface area contributed by atoms with E-state index >= 15 is 0 Å². The van der Waals surface area contributed by atoms with Crippen LogP contribution in [0, 0.1) is 0 Å². The Morgan fingerprint density at radius 3 is 2.40 bits per heavy atom. The highest BCUT2D eigenvalue weighted by molar-refractivity contribution is 6.32. The summed E-state index contributed by atoms with van der Waals surface area (Å²) in [5.41, 5.74) is 11.3. The van der Waals surface area contributed by atoms with Gasteiger partial charge in [0.25, 0.3) is 0 Å². The van der Waals surface area contributed by atoms with E-state index < -0.39 is 0 Å². The minimum absolute atomic E-state index is 0.115. The second-order valence-corrected chi connectivity index (χ2v) is 2.35. The lowest BCUT2D eigenvalue weighted by atomic mass is 10.2. The Bertz CT molecular complexity index is 239. The molecule has 5 N–H and O–H groups in total. The summed E-state index contributed by atoms with van der Waals surface area (Å²) in [5, 5.41) is 9.20. The summed E-state index contributed by atoms with van der Waals surface area (Å²) in [6.45, 7) is 0. The van der Waals surface area contributed by atoms with Gasteiger partial charge in [0.05, 0.1) is 10.7 Å². The highest BCUT2D eigenvalue weighted by atomic mass is 35.5. The second-order valence-electron chi connectivity index (χ2n) is 1.94. The van der Waals surface area contributed by atoms with Gasteiger partial charge in [0, 0.05) is 5.69 Å². The first kappa shape index (κ1) is 7.02. The highest BCUT2D eigenvalue weighted by Crippen LogP contribution is 2.31. The van der Waals surface area contributed by atoms with E-state index in [-0.39, 0.29) is 16.5 Å². The summed E-state index contributed by atoms with van der Waals surface area (Å²) in [7, 11) is 0. The summed E-state index contributed by atoms with van der Waals surface area (Å²) >= 11 is 5.51. The van der Waals surface area contributed by atoms with E-state index in [1.807, 2.05) is 0 Å². The standard InChI is InChI=1S/C6H7ClN2O/c7-4-1-3(8)2-5(9)6(4)10/h1-2,10H,8-9H2. The molecule has 0 heterocycles. The molecule has 0 aliphatic rings. The third-order valence-electron chi connectivity index (χ3n) is 1.12. The SMILES string of the molecule is Nc1cc(N)c(O)c(Cl)c1. The van der Waals surface area contributed by atoms with Crippen LogP contribution in [-0.2, 0) is 0 Å². The van der Waals surface area contributed by atoms with Crippen molar-refractivity contribution in [2.24, 2.45) is 0 Å². The van der Waals surface area contributed by atoms with E-state index in [4.69, 9.17) is 28.2 Å². The number of aromatic hydroxyl groups is 1. The van der Waals surface area contributed by atoms with E-state index in [1.165, 1.54) is 12.1 Å². The van der Waals surface area contributed by atoms with E-state index in [2.05, 4.69) is 0 Å². The molecular formula is C6H7ClN2O. The van der Waals surface area contributed by atoms with E-state index in [1.54, 1.807) is 0 Å². The van der Waals surface area contributed by atoms with E-state index in [0.29, 0.717) is 5.69 Å². The van der Waals surface area contributed by atoms with Crippen LogP contribution in [-0.4, -0.2) is 5.11 Å². The zero-order valence-corrected chi connectivity index (χ0v) is 5.89. The fourth-order valence-corrected chi connectivity index (χ4v) is 0.877. The van der Waals surface area contributed by atoms with Gasteiger partial charge < -0.3 is 16.6 Å². The Morgan fingerprint density at radius 2 is 1.90 bits per heavy atom. The van der Waals surface area contributed by atoms with Crippen molar-refractivity contribution >= 4 is 23.0 Å². The number of phenols is 1. The van der Waals surface area contributed by atoms with Crippen molar-refractivity contribution < 1.29 is 5.11 Å². The number of anilines is 2. The van der Waals surface area contributed by atoms with Crippen LogP contribution in [0.4, 0.5) is 11.4 Å². The summed E-state index contributed by atoms with van der Waals surface area (Å²) in [6, 6.07) is 2.88. The molecule has 0 saturated carbocycles. The zero-order chi connectivity index (χ0) is 7.72. The third-order valence-corrected chi connectivity index (χ3v) is 1.40. The minimum Gasteiger partial charge on any atom is -0.504 e. The molecule has 0 aromatic heterocycles. The quantitative estimate of drug-likeness (QED) is 0.302. The molecule has 0 aliphatic carbocycles. The molecule has 3 nitrogen and oxygen atoms in total. The number of benzene rings is 1. The molecule has 0 aliphatic heterocycles. The molecule has 0 saturated heterocycles. The van der Waals surface area contributed by atoms with E-state index in [9.17, 15) is 0 Å². The molecule has 0 atom stereocenters. The van der Waals surface area contributed by atoms with Gasteiger partial charge in [-0.25, -0.2) is 0 Å². The van der Waals surface area contributed by atoms with Gasteiger partial charge in [-0.1, -0.05) is 11.6 Å². The number of rotatable bonds is 0. The molecule has 0 amide bonds. The van der Waals surface area contributed by atoms with Gasteiger partial charge in [-0.2, -0.15) is 0 Å². The van der Waals surface area contributed by atoms with E-state index in [0.717, 1.165) is 0 Å². The summed E-state index contributed by atoms with van der Waals surface area (Å²) in [5.74, 6) is -0.115. The number of halogens is 1. The lowest BCUT2D eigenvalue weighted by Crippen LogP contribution is -1.90. The predicted molar refractivity (Wildman–Crippen MR) is 41.9 cm³/mol. The van der Waals surface area contributed by atoms with Crippen molar-refractivity contribution in [2.75, 3.05) is 11.5 Å². The summed E-state index contributed by atoms with van der Waals surface area (Å²) < 4.78 is 0. The van der Waals surface area contributed by atoms with Crippen LogP contribution in [0.2, 0.25) is 5.02 Å². The number of phenolic OH excluding ortho intramolecular Hbond substituents is 1. The molecule has 54 valence electrons. The van der Waals surface area contributed by atoms with Crippen LogP contribution in [0.3, 0.4) is 0 Å². The smallest absolute Gasteiger partial charge is 0.157 e. The highest BCUT2D eigenvalue weighted by Gasteiger charge is 2.02. The molecule has 10 heavy (non-hydrogen) atoms. The molecule has 0 spiro atoms. The first-order valence-electron chi connectivity index (χ1n) is 2.64. The Morgan fingerprint density at radius 1 is 1.30 bits per heavy atom. The lowest BCUT2D eigenvalue weighted by Gasteiger charge is -2.01. The molecule has 1 aromatic carbocycles. The Hall–Kier alpha value is -1.09. The fraction of sp³-hybridized carbons (Fsp3) is 0. The number of hydrogen-bond donors (Lipinski definition) is 3. The molecule has 0 fully saturated rings. The van der Waals surface area contributed by atoms with Gasteiger partial charge >= 0.3 is 0 Å². The largest absolute Gasteiger partial charge is 0.504 e. The maximum Gasteiger partial charge on any atom is 0.157 e. The van der Waals surface area contributed by atoms with Crippen LogP contribution in [0.1, 0.15) is 0 Å². The first-order valence-corrected chi connectivity index (χ1v) is 3.02. The molecule has 0 bridgehead atoms. The fourth-order valence-electron chi connectivity index (χ4n) is 0.642. The summed E-state index contributed by atoms with van der Waals surface area (Å²) in [6.07, 6.45) is 0. The summed E-state index contributed by atoms with van der Waals surface area (Å²) in [4.78, 5) is 0. The van der Waals surface area contributed by atoms with Crippen LogP contribution in [0.5, 0.6) is 5.75 Å². The van der Waals surface area contributed by atoms with Gasteiger partial charge in [0.15, 0.2) is 5.75 Å². The van der Waals surface area contributed by atoms with Gasteiger partial charge in [0.1, 0.15) is 0 Å². The van der Waals surface area contributed by atoms with Gasteiger partial charge in [0.2, 0.25) is 0 Å². The lowest BCUT2D eigenvalue weighted by molar-refractivity contribution is 0.478. The van der Waals surface area contributed by atoms with Crippen molar-refractivity contribution in [1.29, 1.82) is 0 Å². The Kier molecular flexibility index (Phi) is 1.59. The van der Waals surface area contributed by atoms with Crippen molar-refractivity contribution in [3.8, 4) is 5.75 Å². The monoisotopic (exact) mass is 158 g/mol. The maximum atomic E-state index is 9.02. The normalized spacial score (nSPS) is 9.70. The zero-order valence-electron chi connectivity index (χ0n) is 5.13. The Labute approximate surface area is 63.2 Å². The molecule has 1 aromatic rings. The van der Waals surface area contributed by atoms with Crippen LogP contribution in [0.15, 0.2) is 12.1 Å². The maximum absolute atomic E-state index is 9.02. The van der Waals surface area contributed by atoms with Crippen LogP contribution < -0.4 is 11.5 Å². The topological polar surface area (TPSA) is 72.3 Å². The van der Waals surface area contributed by atoms with Gasteiger partial charge in [-0.05, 0) is 12.1 Å². The minimum atomic E-state index is -0.115. The molecule has 1 rings (SSSR count). The van der Waals surface area contributed by atoms with Crippen molar-refractivity contribution in [3.05, 3.63) is 17.2 Å². The Balaban J connectivity index is 3.31. The average molecular weight is 159 g/mol. The number of nitrogens with two attached hydrogens (primary N) is 2. The molecule has 4 heteroatoms. The third kappa shape index (κ3) is 1.09. The average Bonchev–Trinajstić information content (AvgIpc) is 1.82. The number of hydrogen-bond acceptors (Lipinski definition) is 3. The molecule has 0 unspecified atom stereocenters. The van der Waals surface area contributed by atoms with Gasteiger partial charge in [-0.3, -0.25) is 0 Å². The van der Waals surface area contributed by atoms with Crippen molar-refractivity contribution in [1.82, 2.24) is 0 Å². The van der Waals surface area contributed by atoms with Crippen LogP contribution >= 0.6 is 11.6 Å². The first-order chi connectivity index (χ1) is 4.61. The van der Waals surface area contributed by atoms with Crippen molar-refractivity contribution in [3.63, 3.8) is 0 Å². The number of nitrogen functional groups attached to an aromatic ring is 2. The van der Waals surface area contributed by atoms with Crippen LogP contribution in [0.25, 0.3) is 0 Å².